The Kier molecular flexibility index (Phi) is 4.17. The second kappa shape index (κ2) is 6.03. The number of anilines is 2. The first-order valence-corrected chi connectivity index (χ1v) is 6.08. The molecule has 0 bridgehead atoms. The summed E-state index contributed by atoms with van der Waals surface area (Å²) >= 11 is 0. The molecule has 0 amide bonds. The molecule has 0 saturated heterocycles. The van der Waals surface area contributed by atoms with Gasteiger partial charge in [-0.25, -0.2) is 0 Å². The highest BCUT2D eigenvalue weighted by molar-refractivity contribution is 5.61. The first-order valence-electron chi connectivity index (χ1n) is 6.08. The number of aliphatic hydroxyl groups excluding tert-OH is 1. The lowest BCUT2D eigenvalue weighted by atomic mass is 10.1. The maximum absolute atomic E-state index is 10.7. The molecule has 0 radical (unpaired) electrons. The Morgan fingerprint density at radius 1 is 1.25 bits per heavy atom. The summed E-state index contributed by atoms with van der Waals surface area (Å²) in [6.07, 6.45) is -0.698. The average Bonchev–Trinajstić information content (AvgIpc) is 2.45. The monoisotopic (exact) mass is 273 g/mol. The highest BCUT2D eigenvalue weighted by Crippen LogP contribution is 2.23. The van der Waals surface area contributed by atoms with E-state index in [1.807, 2.05) is 30.3 Å². The summed E-state index contributed by atoms with van der Waals surface area (Å²) < 4.78 is 0. The van der Waals surface area contributed by atoms with Crippen molar-refractivity contribution in [2.24, 2.45) is 0 Å². The molecule has 20 heavy (non-hydrogen) atoms. The van der Waals surface area contributed by atoms with Gasteiger partial charge >= 0.3 is 0 Å². The maximum Gasteiger partial charge on any atom is 0.273 e. The van der Waals surface area contributed by atoms with E-state index < -0.39 is 11.0 Å². The molecule has 0 heterocycles. The number of nitrogen functional groups attached to an aromatic ring is 1. The minimum Gasteiger partial charge on any atom is -0.398 e. The van der Waals surface area contributed by atoms with Gasteiger partial charge in [0, 0.05) is 30.1 Å². The minimum atomic E-state index is -0.698. The Hall–Kier alpha value is -2.60. The molecule has 0 fully saturated rings. The highest BCUT2D eigenvalue weighted by atomic mass is 16.6. The first kappa shape index (κ1) is 13.8. The van der Waals surface area contributed by atoms with Crippen LogP contribution >= 0.6 is 0 Å². The predicted octanol–water partition coefficient (Wildman–Crippen LogP) is 2.32. The van der Waals surface area contributed by atoms with Crippen molar-refractivity contribution in [2.75, 3.05) is 17.6 Å². The van der Waals surface area contributed by atoms with Crippen LogP contribution in [0.3, 0.4) is 0 Å². The van der Waals surface area contributed by atoms with Crippen LogP contribution in [0.5, 0.6) is 0 Å². The predicted molar refractivity (Wildman–Crippen MR) is 77.4 cm³/mol. The van der Waals surface area contributed by atoms with Gasteiger partial charge in [-0.05, 0) is 11.6 Å². The molecule has 0 aliphatic heterocycles. The third-order valence-electron chi connectivity index (χ3n) is 2.83. The summed E-state index contributed by atoms with van der Waals surface area (Å²) in [5.74, 6) is 0. The van der Waals surface area contributed by atoms with E-state index in [2.05, 4.69) is 5.32 Å². The number of non-ortho nitro benzene ring substituents is 1. The second-order valence-corrected chi connectivity index (χ2v) is 4.38. The molecule has 6 nitrogen and oxygen atoms in total. The molecule has 0 aliphatic rings. The largest absolute Gasteiger partial charge is 0.398 e. The van der Waals surface area contributed by atoms with Crippen LogP contribution in [-0.4, -0.2) is 16.6 Å². The summed E-state index contributed by atoms with van der Waals surface area (Å²) in [6.45, 7) is 0.241. The number of nitrogens with two attached hydrogens (primary N) is 1. The topological polar surface area (TPSA) is 101 Å². The normalized spacial score (nSPS) is 11.8. The second-order valence-electron chi connectivity index (χ2n) is 4.38. The Labute approximate surface area is 116 Å². The minimum absolute atomic E-state index is 0.0818. The van der Waals surface area contributed by atoms with Crippen molar-refractivity contribution in [2.45, 2.75) is 6.10 Å². The molecule has 6 heteroatoms. The summed E-state index contributed by atoms with van der Waals surface area (Å²) in [4.78, 5) is 10.2. The number of nitro benzene ring substituents is 1. The Morgan fingerprint density at radius 2 is 1.95 bits per heavy atom. The zero-order valence-corrected chi connectivity index (χ0v) is 10.7. The van der Waals surface area contributed by atoms with Gasteiger partial charge in [0.2, 0.25) is 0 Å². The zero-order valence-electron chi connectivity index (χ0n) is 10.7. The fraction of sp³-hybridized carbons (Fsp3) is 0.143. The number of rotatable bonds is 5. The Bertz CT molecular complexity index is 602. The van der Waals surface area contributed by atoms with Crippen LogP contribution in [0.15, 0.2) is 48.5 Å². The highest BCUT2D eigenvalue weighted by Gasteiger charge is 2.10. The molecule has 0 aliphatic carbocycles. The van der Waals surface area contributed by atoms with Gasteiger partial charge in [-0.1, -0.05) is 30.3 Å². The SMILES string of the molecule is Nc1cc(NCC(O)c2ccccc2)cc([N+](=O)[O-])c1. The summed E-state index contributed by atoms with van der Waals surface area (Å²) in [6, 6.07) is 13.4. The molecular formula is C14H15N3O3. The summed E-state index contributed by atoms with van der Waals surface area (Å²) in [5, 5.41) is 23.7. The number of benzene rings is 2. The quantitative estimate of drug-likeness (QED) is 0.441. The summed E-state index contributed by atoms with van der Waals surface area (Å²) in [7, 11) is 0. The van der Waals surface area contributed by atoms with Crippen molar-refractivity contribution in [3.8, 4) is 0 Å². The summed E-state index contributed by atoms with van der Waals surface area (Å²) in [5.41, 5.74) is 7.11. The molecule has 0 spiro atoms. The number of nitro groups is 1. The van der Waals surface area contributed by atoms with Gasteiger partial charge in [0.25, 0.3) is 5.69 Å². The van der Waals surface area contributed by atoms with Crippen molar-refractivity contribution in [3.05, 3.63) is 64.2 Å². The molecule has 1 atom stereocenters. The third kappa shape index (κ3) is 3.46. The number of aliphatic hydroxyl groups is 1. The van der Waals surface area contributed by atoms with E-state index in [0.717, 1.165) is 5.56 Å². The van der Waals surface area contributed by atoms with Gasteiger partial charge in [0.1, 0.15) is 0 Å². The van der Waals surface area contributed by atoms with Crippen molar-refractivity contribution in [1.82, 2.24) is 0 Å². The van der Waals surface area contributed by atoms with Crippen molar-refractivity contribution in [1.29, 1.82) is 0 Å². The lowest BCUT2D eigenvalue weighted by Gasteiger charge is -2.13. The molecule has 2 aromatic rings. The Balaban J connectivity index is 2.06. The third-order valence-corrected chi connectivity index (χ3v) is 2.83. The molecule has 2 aromatic carbocycles. The van der Waals surface area contributed by atoms with Crippen LogP contribution in [0.1, 0.15) is 11.7 Å². The van der Waals surface area contributed by atoms with E-state index in [0.29, 0.717) is 11.4 Å². The fourth-order valence-electron chi connectivity index (χ4n) is 1.85. The molecule has 2 rings (SSSR count). The number of hydrogen-bond donors (Lipinski definition) is 3. The van der Waals surface area contributed by atoms with Crippen molar-refractivity contribution < 1.29 is 10.0 Å². The van der Waals surface area contributed by atoms with Gasteiger partial charge in [-0.15, -0.1) is 0 Å². The maximum atomic E-state index is 10.7. The van der Waals surface area contributed by atoms with Crippen LogP contribution < -0.4 is 11.1 Å². The number of hydrogen-bond acceptors (Lipinski definition) is 5. The zero-order chi connectivity index (χ0) is 14.5. The lowest BCUT2D eigenvalue weighted by molar-refractivity contribution is -0.384. The van der Waals surface area contributed by atoms with E-state index in [1.54, 1.807) is 6.07 Å². The Morgan fingerprint density at radius 3 is 2.60 bits per heavy atom. The number of nitrogens with zero attached hydrogens (tertiary/aromatic N) is 1. The van der Waals surface area contributed by atoms with E-state index in [4.69, 9.17) is 5.73 Å². The first-order chi connectivity index (χ1) is 9.56. The van der Waals surface area contributed by atoms with Crippen LogP contribution in [0, 0.1) is 10.1 Å². The lowest BCUT2D eigenvalue weighted by Crippen LogP contribution is -2.12. The van der Waals surface area contributed by atoms with Gasteiger partial charge in [0.05, 0.1) is 11.0 Å². The molecule has 104 valence electrons. The fourth-order valence-corrected chi connectivity index (χ4v) is 1.85. The van der Waals surface area contributed by atoms with Gasteiger partial charge < -0.3 is 16.2 Å². The molecule has 0 saturated carbocycles. The van der Waals surface area contributed by atoms with Crippen LogP contribution in [-0.2, 0) is 0 Å². The molecule has 0 aromatic heterocycles. The van der Waals surface area contributed by atoms with E-state index in [1.165, 1.54) is 12.1 Å². The van der Waals surface area contributed by atoms with Crippen molar-refractivity contribution in [3.63, 3.8) is 0 Å². The van der Waals surface area contributed by atoms with Crippen molar-refractivity contribution >= 4 is 17.1 Å². The smallest absolute Gasteiger partial charge is 0.273 e. The molecule has 4 N–H and O–H groups in total. The van der Waals surface area contributed by atoms with Gasteiger partial charge in [0.15, 0.2) is 0 Å². The average molecular weight is 273 g/mol. The van der Waals surface area contributed by atoms with Gasteiger partial charge in [-0.3, -0.25) is 10.1 Å². The van der Waals surface area contributed by atoms with E-state index in [9.17, 15) is 15.2 Å². The standard InChI is InChI=1S/C14H15N3O3/c15-11-6-12(8-13(7-11)17(19)20)16-9-14(18)10-4-2-1-3-5-10/h1-8,14,16,18H,9,15H2. The van der Waals surface area contributed by atoms with Crippen LogP contribution in [0.25, 0.3) is 0 Å². The van der Waals surface area contributed by atoms with E-state index >= 15 is 0 Å². The molecular weight excluding hydrogens is 258 g/mol. The van der Waals surface area contributed by atoms with Gasteiger partial charge in [-0.2, -0.15) is 0 Å². The van der Waals surface area contributed by atoms with Crippen LogP contribution in [0.2, 0.25) is 0 Å². The molecule has 1 unspecified atom stereocenters. The van der Waals surface area contributed by atoms with E-state index in [-0.39, 0.29) is 12.2 Å². The number of nitrogens with one attached hydrogen (secondary N) is 1. The van der Waals surface area contributed by atoms with Crippen LogP contribution in [0.4, 0.5) is 17.1 Å².